The molecule has 2 atom stereocenters. The van der Waals surface area contributed by atoms with Crippen molar-refractivity contribution in [1.29, 1.82) is 0 Å². The van der Waals surface area contributed by atoms with E-state index in [0.29, 0.717) is 0 Å². The highest BCUT2D eigenvalue weighted by Crippen LogP contribution is 2.44. The first-order chi connectivity index (χ1) is 16.4. The molecule has 0 aliphatic heterocycles. The van der Waals surface area contributed by atoms with Gasteiger partial charge in [0.1, 0.15) is 12.7 Å². The SMILES string of the molecule is COC(CNC(=O)C(CCNC(=O)OCC1c2ccccc2-c2ccccc21)OC)CC(=O)O. The average Bonchev–Trinajstić information content (AvgIpc) is 3.16. The van der Waals surface area contributed by atoms with Gasteiger partial charge in [-0.15, -0.1) is 0 Å². The van der Waals surface area contributed by atoms with Gasteiger partial charge in [-0.3, -0.25) is 9.59 Å². The number of fused-ring (bicyclic) bond motifs is 3. The molecular formula is C25H30N2O7. The average molecular weight is 471 g/mol. The number of benzene rings is 2. The van der Waals surface area contributed by atoms with Crippen molar-refractivity contribution in [3.8, 4) is 11.1 Å². The fraction of sp³-hybridized carbons (Fsp3) is 0.400. The molecule has 34 heavy (non-hydrogen) atoms. The summed E-state index contributed by atoms with van der Waals surface area (Å²) in [7, 11) is 2.77. The standard InChI is InChI=1S/C25H30N2O7/c1-32-16(13-23(28)29)14-27-24(30)22(33-2)11-12-26-25(31)34-15-21-19-9-5-3-7-17(19)18-8-4-6-10-20(18)21/h3-10,16,21-22H,11-15H2,1-2H3,(H,26,31)(H,27,30)(H,28,29). The second kappa shape index (κ2) is 12.2. The number of carbonyl (C=O) groups is 3. The highest BCUT2D eigenvalue weighted by molar-refractivity contribution is 5.81. The van der Waals surface area contributed by atoms with Gasteiger partial charge in [0.05, 0.1) is 12.5 Å². The third-order valence-electron chi connectivity index (χ3n) is 5.84. The van der Waals surface area contributed by atoms with Crippen molar-refractivity contribution >= 4 is 18.0 Å². The summed E-state index contributed by atoms with van der Waals surface area (Å²) in [6.07, 6.45) is -2.02. The van der Waals surface area contributed by atoms with Crippen molar-refractivity contribution in [3.05, 3.63) is 59.7 Å². The van der Waals surface area contributed by atoms with Gasteiger partial charge >= 0.3 is 12.1 Å². The molecule has 0 saturated heterocycles. The number of carbonyl (C=O) groups excluding carboxylic acids is 2. The van der Waals surface area contributed by atoms with Crippen molar-refractivity contribution in [1.82, 2.24) is 10.6 Å². The van der Waals surface area contributed by atoms with Crippen LogP contribution < -0.4 is 10.6 Å². The van der Waals surface area contributed by atoms with E-state index in [1.165, 1.54) is 14.2 Å². The summed E-state index contributed by atoms with van der Waals surface area (Å²) < 4.78 is 15.7. The first-order valence-corrected chi connectivity index (χ1v) is 11.1. The molecule has 2 amide bonds. The van der Waals surface area contributed by atoms with Gasteiger partial charge in [0.25, 0.3) is 0 Å². The zero-order valence-corrected chi connectivity index (χ0v) is 19.3. The van der Waals surface area contributed by atoms with E-state index < -0.39 is 30.2 Å². The fourth-order valence-corrected chi connectivity index (χ4v) is 4.07. The minimum absolute atomic E-state index is 0.0322. The van der Waals surface area contributed by atoms with E-state index in [0.717, 1.165) is 22.3 Å². The van der Waals surface area contributed by atoms with Gasteiger partial charge in [-0.25, -0.2) is 4.79 Å². The molecule has 0 saturated carbocycles. The number of hydrogen-bond donors (Lipinski definition) is 3. The molecule has 0 aromatic heterocycles. The van der Waals surface area contributed by atoms with E-state index in [4.69, 9.17) is 19.3 Å². The topological polar surface area (TPSA) is 123 Å². The molecule has 9 heteroatoms. The first kappa shape index (κ1) is 25.2. The summed E-state index contributed by atoms with van der Waals surface area (Å²) in [6, 6.07) is 16.2. The third-order valence-corrected chi connectivity index (χ3v) is 5.84. The number of methoxy groups -OCH3 is 2. The molecule has 0 fully saturated rings. The van der Waals surface area contributed by atoms with Gasteiger partial charge in [-0.2, -0.15) is 0 Å². The van der Waals surface area contributed by atoms with Crippen LogP contribution in [0.5, 0.6) is 0 Å². The Morgan fingerprint density at radius 1 is 0.941 bits per heavy atom. The number of aliphatic carboxylic acids is 1. The summed E-state index contributed by atoms with van der Waals surface area (Å²) in [5.74, 6) is -1.46. The molecule has 3 rings (SSSR count). The van der Waals surface area contributed by atoms with Crippen LogP contribution in [-0.4, -0.2) is 69.2 Å². The number of ether oxygens (including phenoxy) is 3. The lowest BCUT2D eigenvalue weighted by Gasteiger charge is -2.19. The van der Waals surface area contributed by atoms with E-state index in [1.807, 2.05) is 36.4 Å². The summed E-state index contributed by atoms with van der Waals surface area (Å²) in [4.78, 5) is 35.4. The van der Waals surface area contributed by atoms with E-state index >= 15 is 0 Å². The van der Waals surface area contributed by atoms with Gasteiger partial charge in [0.2, 0.25) is 5.91 Å². The Balaban J connectivity index is 1.44. The largest absolute Gasteiger partial charge is 0.481 e. The van der Waals surface area contributed by atoms with E-state index in [-0.39, 0.29) is 38.5 Å². The Labute approximate surface area is 198 Å². The molecule has 2 unspecified atom stereocenters. The lowest BCUT2D eigenvalue weighted by molar-refractivity contribution is -0.140. The number of carboxylic acid groups (broad SMARTS) is 1. The summed E-state index contributed by atoms with van der Waals surface area (Å²) in [5, 5.41) is 14.1. The maximum absolute atomic E-state index is 12.3. The van der Waals surface area contributed by atoms with Gasteiger partial charge in [0.15, 0.2) is 0 Å². The highest BCUT2D eigenvalue weighted by atomic mass is 16.5. The van der Waals surface area contributed by atoms with E-state index in [1.54, 1.807) is 0 Å². The second-order valence-corrected chi connectivity index (χ2v) is 7.97. The Morgan fingerprint density at radius 3 is 2.12 bits per heavy atom. The van der Waals surface area contributed by atoms with Crippen LogP contribution in [0, 0.1) is 0 Å². The zero-order chi connectivity index (χ0) is 24.5. The molecule has 2 aromatic carbocycles. The van der Waals surface area contributed by atoms with Gasteiger partial charge in [0, 0.05) is 39.6 Å². The predicted octanol–water partition coefficient (Wildman–Crippen LogP) is 2.54. The molecule has 0 bridgehead atoms. The molecule has 0 heterocycles. The van der Waals surface area contributed by atoms with Gasteiger partial charge in [-0.05, 0) is 22.3 Å². The van der Waals surface area contributed by atoms with Crippen molar-refractivity contribution in [2.45, 2.75) is 31.0 Å². The quantitative estimate of drug-likeness (QED) is 0.436. The summed E-state index contributed by atoms with van der Waals surface area (Å²) >= 11 is 0. The minimum atomic E-state index is -1.02. The van der Waals surface area contributed by atoms with E-state index in [2.05, 4.69) is 22.8 Å². The summed E-state index contributed by atoms with van der Waals surface area (Å²) in [5.41, 5.74) is 4.56. The minimum Gasteiger partial charge on any atom is -0.481 e. The number of carboxylic acids is 1. The van der Waals surface area contributed by atoms with Crippen LogP contribution in [-0.2, 0) is 23.8 Å². The van der Waals surface area contributed by atoms with Crippen LogP contribution >= 0.6 is 0 Å². The molecule has 3 N–H and O–H groups in total. The van der Waals surface area contributed by atoms with Crippen LogP contribution in [0.25, 0.3) is 11.1 Å². The number of nitrogens with one attached hydrogen (secondary N) is 2. The van der Waals surface area contributed by atoms with Crippen molar-refractivity contribution < 1.29 is 33.7 Å². The fourth-order valence-electron chi connectivity index (χ4n) is 4.07. The number of rotatable bonds is 12. The van der Waals surface area contributed by atoms with Crippen LogP contribution in [0.4, 0.5) is 4.79 Å². The zero-order valence-electron chi connectivity index (χ0n) is 19.3. The molecule has 0 radical (unpaired) electrons. The first-order valence-electron chi connectivity index (χ1n) is 11.1. The Morgan fingerprint density at radius 2 is 1.56 bits per heavy atom. The lowest BCUT2D eigenvalue weighted by atomic mass is 9.98. The molecule has 1 aliphatic rings. The Hall–Kier alpha value is -3.43. The van der Waals surface area contributed by atoms with Crippen LogP contribution in [0.3, 0.4) is 0 Å². The molecule has 182 valence electrons. The highest BCUT2D eigenvalue weighted by Gasteiger charge is 2.29. The maximum atomic E-state index is 12.3. The van der Waals surface area contributed by atoms with Crippen molar-refractivity contribution in [2.75, 3.05) is 33.9 Å². The molecular weight excluding hydrogens is 440 g/mol. The smallest absolute Gasteiger partial charge is 0.407 e. The lowest BCUT2D eigenvalue weighted by Crippen LogP contribution is -2.42. The number of alkyl carbamates (subject to hydrolysis) is 1. The van der Waals surface area contributed by atoms with Crippen LogP contribution in [0.1, 0.15) is 29.9 Å². The second-order valence-electron chi connectivity index (χ2n) is 7.97. The monoisotopic (exact) mass is 470 g/mol. The molecule has 1 aliphatic carbocycles. The molecule has 2 aromatic rings. The predicted molar refractivity (Wildman–Crippen MR) is 125 cm³/mol. The van der Waals surface area contributed by atoms with Crippen LogP contribution in [0.2, 0.25) is 0 Å². The van der Waals surface area contributed by atoms with Gasteiger partial charge in [-0.1, -0.05) is 48.5 Å². The third kappa shape index (κ3) is 6.33. The molecule has 0 spiro atoms. The summed E-state index contributed by atoms with van der Waals surface area (Å²) in [6.45, 7) is 0.419. The van der Waals surface area contributed by atoms with Gasteiger partial charge < -0.3 is 30.0 Å². The van der Waals surface area contributed by atoms with Crippen molar-refractivity contribution in [3.63, 3.8) is 0 Å². The normalized spacial score (nSPS) is 13.9. The van der Waals surface area contributed by atoms with Crippen LogP contribution in [0.15, 0.2) is 48.5 Å². The van der Waals surface area contributed by atoms with Crippen molar-refractivity contribution in [2.24, 2.45) is 0 Å². The number of hydrogen-bond acceptors (Lipinski definition) is 6. The maximum Gasteiger partial charge on any atom is 0.407 e. The Kier molecular flexibility index (Phi) is 9.00. The molecule has 9 nitrogen and oxygen atoms in total. The number of amides is 2. The van der Waals surface area contributed by atoms with E-state index in [9.17, 15) is 14.4 Å². The Bertz CT molecular complexity index is 965.